The lowest BCUT2D eigenvalue weighted by Gasteiger charge is -2.08. The van der Waals surface area contributed by atoms with E-state index in [0.29, 0.717) is 11.4 Å². The van der Waals surface area contributed by atoms with Crippen LogP contribution in [0.1, 0.15) is 5.56 Å². The molecule has 0 bridgehead atoms. The molecule has 2 aromatic rings. The SMILES string of the molecule is COC(=O)Cc1ccc(Oc2ccc(N)cc2F)cc1. The normalized spacial score (nSPS) is 10.1. The van der Waals surface area contributed by atoms with Crippen molar-refractivity contribution in [3.63, 3.8) is 0 Å². The molecule has 2 aromatic carbocycles. The quantitative estimate of drug-likeness (QED) is 0.688. The average molecular weight is 275 g/mol. The highest BCUT2D eigenvalue weighted by Gasteiger charge is 2.06. The molecule has 5 heteroatoms. The third-order valence-electron chi connectivity index (χ3n) is 2.68. The van der Waals surface area contributed by atoms with E-state index in [0.717, 1.165) is 5.56 Å². The van der Waals surface area contributed by atoms with Crippen molar-refractivity contribution in [3.05, 3.63) is 53.8 Å². The van der Waals surface area contributed by atoms with Crippen LogP contribution in [-0.4, -0.2) is 13.1 Å². The van der Waals surface area contributed by atoms with Crippen LogP contribution in [0.5, 0.6) is 11.5 Å². The second-order valence-electron chi connectivity index (χ2n) is 4.19. The highest BCUT2D eigenvalue weighted by Crippen LogP contribution is 2.26. The number of nitrogen functional groups attached to an aromatic ring is 1. The lowest BCUT2D eigenvalue weighted by Crippen LogP contribution is -2.04. The number of rotatable bonds is 4. The molecule has 2 N–H and O–H groups in total. The summed E-state index contributed by atoms with van der Waals surface area (Å²) in [6.45, 7) is 0. The number of carbonyl (C=O) groups is 1. The van der Waals surface area contributed by atoms with Crippen LogP contribution in [0.25, 0.3) is 0 Å². The summed E-state index contributed by atoms with van der Waals surface area (Å²) in [5, 5.41) is 0. The summed E-state index contributed by atoms with van der Waals surface area (Å²) < 4.78 is 23.5. The number of esters is 1. The Morgan fingerprint density at radius 3 is 2.50 bits per heavy atom. The highest BCUT2D eigenvalue weighted by molar-refractivity contribution is 5.72. The molecule has 20 heavy (non-hydrogen) atoms. The van der Waals surface area contributed by atoms with Crippen LogP contribution >= 0.6 is 0 Å². The number of nitrogens with two attached hydrogens (primary N) is 1. The zero-order chi connectivity index (χ0) is 14.5. The van der Waals surface area contributed by atoms with Gasteiger partial charge in [0.05, 0.1) is 13.5 Å². The Hall–Kier alpha value is -2.56. The fraction of sp³-hybridized carbons (Fsp3) is 0.133. The van der Waals surface area contributed by atoms with Gasteiger partial charge >= 0.3 is 5.97 Å². The maximum absolute atomic E-state index is 13.6. The Kier molecular flexibility index (Phi) is 4.20. The number of ether oxygens (including phenoxy) is 2. The summed E-state index contributed by atoms with van der Waals surface area (Å²) in [4.78, 5) is 11.1. The minimum absolute atomic E-state index is 0.0971. The molecule has 0 aliphatic rings. The molecule has 4 nitrogen and oxygen atoms in total. The summed E-state index contributed by atoms with van der Waals surface area (Å²) in [6, 6.07) is 11.0. The van der Waals surface area contributed by atoms with Crippen molar-refractivity contribution in [1.82, 2.24) is 0 Å². The lowest BCUT2D eigenvalue weighted by molar-refractivity contribution is -0.139. The first-order valence-corrected chi connectivity index (χ1v) is 5.97. The predicted molar refractivity (Wildman–Crippen MR) is 73.0 cm³/mol. The summed E-state index contributed by atoms with van der Waals surface area (Å²) in [5.41, 5.74) is 6.59. The molecule has 2 rings (SSSR count). The minimum Gasteiger partial charge on any atom is -0.469 e. The molecule has 0 unspecified atom stereocenters. The van der Waals surface area contributed by atoms with Crippen molar-refractivity contribution in [2.24, 2.45) is 0 Å². The van der Waals surface area contributed by atoms with E-state index in [2.05, 4.69) is 4.74 Å². The van der Waals surface area contributed by atoms with Gasteiger partial charge in [0, 0.05) is 11.8 Å². The minimum atomic E-state index is -0.524. The number of hydrogen-bond acceptors (Lipinski definition) is 4. The van der Waals surface area contributed by atoms with Crippen molar-refractivity contribution >= 4 is 11.7 Å². The smallest absolute Gasteiger partial charge is 0.309 e. The molecule has 0 saturated carbocycles. The third-order valence-corrected chi connectivity index (χ3v) is 2.68. The predicted octanol–water partition coefficient (Wildman–Crippen LogP) is 2.92. The van der Waals surface area contributed by atoms with Crippen LogP contribution in [0.4, 0.5) is 10.1 Å². The monoisotopic (exact) mass is 275 g/mol. The van der Waals surface area contributed by atoms with E-state index in [1.807, 2.05) is 0 Å². The Morgan fingerprint density at radius 2 is 1.90 bits per heavy atom. The molecular weight excluding hydrogens is 261 g/mol. The maximum atomic E-state index is 13.6. The van der Waals surface area contributed by atoms with Crippen molar-refractivity contribution in [2.45, 2.75) is 6.42 Å². The van der Waals surface area contributed by atoms with Gasteiger partial charge in [0.2, 0.25) is 0 Å². The van der Waals surface area contributed by atoms with E-state index < -0.39 is 5.82 Å². The Labute approximate surface area is 115 Å². The van der Waals surface area contributed by atoms with Gasteiger partial charge in [-0.2, -0.15) is 0 Å². The van der Waals surface area contributed by atoms with Crippen molar-refractivity contribution < 1.29 is 18.7 Å². The van der Waals surface area contributed by atoms with Crippen LogP contribution in [0.15, 0.2) is 42.5 Å². The molecule has 0 amide bonds. The van der Waals surface area contributed by atoms with Gasteiger partial charge in [0.15, 0.2) is 11.6 Å². The fourth-order valence-electron chi connectivity index (χ4n) is 1.64. The molecule has 0 saturated heterocycles. The molecule has 0 aromatic heterocycles. The highest BCUT2D eigenvalue weighted by atomic mass is 19.1. The van der Waals surface area contributed by atoms with E-state index in [-0.39, 0.29) is 18.1 Å². The first-order chi connectivity index (χ1) is 9.58. The Bertz CT molecular complexity index is 611. The van der Waals surface area contributed by atoms with Crippen LogP contribution < -0.4 is 10.5 Å². The maximum Gasteiger partial charge on any atom is 0.309 e. The van der Waals surface area contributed by atoms with Gasteiger partial charge in [-0.25, -0.2) is 4.39 Å². The topological polar surface area (TPSA) is 61.5 Å². The van der Waals surface area contributed by atoms with Crippen molar-refractivity contribution in [3.8, 4) is 11.5 Å². The molecule has 0 heterocycles. The largest absolute Gasteiger partial charge is 0.469 e. The molecule has 0 aliphatic carbocycles. The second kappa shape index (κ2) is 6.06. The van der Waals surface area contributed by atoms with Crippen LogP contribution in [0, 0.1) is 5.82 Å². The zero-order valence-electron chi connectivity index (χ0n) is 10.9. The van der Waals surface area contributed by atoms with Gasteiger partial charge in [-0.3, -0.25) is 4.79 Å². The molecule has 0 atom stereocenters. The number of methoxy groups -OCH3 is 1. The molecule has 104 valence electrons. The zero-order valence-corrected chi connectivity index (χ0v) is 10.9. The first-order valence-electron chi connectivity index (χ1n) is 5.97. The van der Waals surface area contributed by atoms with E-state index in [9.17, 15) is 9.18 Å². The van der Waals surface area contributed by atoms with Crippen molar-refractivity contribution in [2.75, 3.05) is 12.8 Å². The summed E-state index contributed by atoms with van der Waals surface area (Å²) >= 11 is 0. The van der Waals surface area contributed by atoms with E-state index in [1.165, 1.54) is 19.2 Å². The number of benzene rings is 2. The molecule has 0 radical (unpaired) electrons. The molecule has 0 spiro atoms. The van der Waals surface area contributed by atoms with Gasteiger partial charge < -0.3 is 15.2 Å². The summed E-state index contributed by atoms with van der Waals surface area (Å²) in [6.07, 6.45) is 0.188. The van der Waals surface area contributed by atoms with Gasteiger partial charge in [-0.05, 0) is 29.8 Å². The molecule has 0 aliphatic heterocycles. The number of carbonyl (C=O) groups excluding carboxylic acids is 1. The van der Waals surface area contributed by atoms with Gasteiger partial charge in [-0.1, -0.05) is 12.1 Å². The molecular formula is C15H14FNO3. The standard InChI is InChI=1S/C15H14FNO3/c1-19-15(18)8-10-2-5-12(6-3-10)20-14-7-4-11(17)9-13(14)16/h2-7,9H,8,17H2,1H3. The van der Waals surface area contributed by atoms with E-state index in [4.69, 9.17) is 10.5 Å². The summed E-state index contributed by atoms with van der Waals surface area (Å²) in [7, 11) is 1.34. The number of anilines is 1. The Balaban J connectivity index is 2.08. The van der Waals surface area contributed by atoms with Crippen LogP contribution in [0.2, 0.25) is 0 Å². The summed E-state index contributed by atoms with van der Waals surface area (Å²) in [5.74, 6) is -0.269. The van der Waals surface area contributed by atoms with Gasteiger partial charge in [-0.15, -0.1) is 0 Å². The number of halogens is 1. The Morgan fingerprint density at radius 1 is 1.20 bits per heavy atom. The van der Waals surface area contributed by atoms with Crippen molar-refractivity contribution in [1.29, 1.82) is 0 Å². The van der Waals surface area contributed by atoms with Crippen LogP contribution in [-0.2, 0) is 16.0 Å². The average Bonchev–Trinajstić information content (AvgIpc) is 2.44. The van der Waals surface area contributed by atoms with E-state index in [1.54, 1.807) is 30.3 Å². The number of hydrogen-bond donors (Lipinski definition) is 1. The lowest BCUT2D eigenvalue weighted by atomic mass is 10.1. The van der Waals surface area contributed by atoms with Gasteiger partial charge in [0.1, 0.15) is 5.75 Å². The van der Waals surface area contributed by atoms with Gasteiger partial charge in [0.25, 0.3) is 0 Å². The second-order valence-corrected chi connectivity index (χ2v) is 4.19. The molecule has 0 fully saturated rings. The van der Waals surface area contributed by atoms with E-state index >= 15 is 0 Å². The fourth-order valence-corrected chi connectivity index (χ4v) is 1.64. The van der Waals surface area contributed by atoms with Crippen LogP contribution in [0.3, 0.4) is 0 Å². The first kappa shape index (κ1) is 13.9. The third kappa shape index (κ3) is 3.47.